The summed E-state index contributed by atoms with van der Waals surface area (Å²) in [6.07, 6.45) is 8.75. The predicted molar refractivity (Wildman–Crippen MR) is 203 cm³/mol. The summed E-state index contributed by atoms with van der Waals surface area (Å²) in [6, 6.07) is 54.3. The fourth-order valence-corrected chi connectivity index (χ4v) is 7.13. The maximum absolute atomic E-state index is 5.27. The van der Waals surface area contributed by atoms with Crippen molar-refractivity contribution < 1.29 is 0 Å². The Hall–Kier alpha value is -6.12. The number of rotatable bonds is 5. The minimum Gasteiger partial charge on any atom is -0.228 e. The Labute approximate surface area is 280 Å². The summed E-state index contributed by atoms with van der Waals surface area (Å²) in [5.74, 6) is 0.719. The number of aromatic nitrogens is 2. The third-order valence-corrected chi connectivity index (χ3v) is 9.54. The lowest BCUT2D eigenvalue weighted by Crippen LogP contribution is -1.97. The zero-order chi connectivity index (χ0) is 31.9. The van der Waals surface area contributed by atoms with Crippen LogP contribution in [0.3, 0.4) is 0 Å². The summed E-state index contributed by atoms with van der Waals surface area (Å²) in [5, 5.41) is 7.48. The Morgan fingerprint density at radius 2 is 0.917 bits per heavy atom. The normalized spacial score (nSPS) is 12.9. The molecule has 0 saturated heterocycles. The molecule has 1 aromatic heterocycles. The van der Waals surface area contributed by atoms with Gasteiger partial charge in [-0.25, -0.2) is 9.97 Å². The van der Waals surface area contributed by atoms with Gasteiger partial charge in [-0.3, -0.25) is 0 Å². The molecule has 1 heterocycles. The highest BCUT2D eigenvalue weighted by Gasteiger charge is 2.15. The van der Waals surface area contributed by atoms with Crippen LogP contribution in [0.1, 0.15) is 18.4 Å². The Morgan fingerprint density at radius 1 is 0.375 bits per heavy atom. The first-order valence-electron chi connectivity index (χ1n) is 16.6. The van der Waals surface area contributed by atoms with Gasteiger partial charge in [-0.1, -0.05) is 146 Å². The molecule has 226 valence electrons. The Morgan fingerprint density at radius 3 is 1.56 bits per heavy atom. The molecule has 9 rings (SSSR count). The fraction of sp³-hybridized carbons (Fsp3) is 0.0435. The van der Waals surface area contributed by atoms with Gasteiger partial charge in [0.1, 0.15) is 0 Å². The Bertz CT molecular complexity index is 2520. The molecule has 0 bridgehead atoms. The zero-order valence-corrected chi connectivity index (χ0v) is 26.5. The summed E-state index contributed by atoms with van der Waals surface area (Å²) in [5.41, 5.74) is 9.93. The van der Waals surface area contributed by atoms with Gasteiger partial charge in [0, 0.05) is 16.7 Å². The van der Waals surface area contributed by atoms with E-state index >= 15 is 0 Å². The number of fused-ring (bicyclic) bond motifs is 6. The van der Waals surface area contributed by atoms with Gasteiger partial charge >= 0.3 is 0 Å². The van der Waals surface area contributed by atoms with Crippen molar-refractivity contribution in [2.75, 3.05) is 0 Å². The molecule has 1 aliphatic carbocycles. The summed E-state index contributed by atoms with van der Waals surface area (Å²) in [4.78, 5) is 10.5. The van der Waals surface area contributed by atoms with Crippen molar-refractivity contribution in [1.82, 2.24) is 9.97 Å². The number of hydrogen-bond donors (Lipinski definition) is 0. The van der Waals surface area contributed by atoms with Gasteiger partial charge in [0.2, 0.25) is 0 Å². The van der Waals surface area contributed by atoms with Crippen LogP contribution in [0, 0.1) is 0 Å². The summed E-state index contributed by atoms with van der Waals surface area (Å²) >= 11 is 0. The zero-order valence-electron chi connectivity index (χ0n) is 26.5. The van der Waals surface area contributed by atoms with E-state index in [9.17, 15) is 0 Å². The highest BCUT2D eigenvalue weighted by atomic mass is 14.9. The van der Waals surface area contributed by atoms with Crippen LogP contribution in [0.15, 0.2) is 170 Å². The van der Waals surface area contributed by atoms with Crippen molar-refractivity contribution in [2.45, 2.75) is 12.8 Å². The van der Waals surface area contributed by atoms with E-state index in [4.69, 9.17) is 9.97 Å². The van der Waals surface area contributed by atoms with Gasteiger partial charge in [0.15, 0.2) is 5.82 Å². The molecule has 0 fully saturated rings. The quantitative estimate of drug-likeness (QED) is 0.181. The average molecular weight is 613 g/mol. The van der Waals surface area contributed by atoms with Crippen LogP contribution in [0.5, 0.6) is 0 Å². The number of benzene rings is 7. The first kappa shape index (κ1) is 28.1. The van der Waals surface area contributed by atoms with E-state index in [1.54, 1.807) is 0 Å². The van der Waals surface area contributed by atoms with E-state index in [0.29, 0.717) is 0 Å². The van der Waals surface area contributed by atoms with Gasteiger partial charge in [-0.2, -0.15) is 0 Å². The van der Waals surface area contributed by atoms with Crippen LogP contribution in [0.4, 0.5) is 0 Å². The largest absolute Gasteiger partial charge is 0.228 e. The summed E-state index contributed by atoms with van der Waals surface area (Å²) < 4.78 is 0. The molecule has 2 heteroatoms. The van der Waals surface area contributed by atoms with Gasteiger partial charge in [-0.15, -0.1) is 0 Å². The first-order chi connectivity index (χ1) is 23.8. The molecular weight excluding hydrogens is 581 g/mol. The summed E-state index contributed by atoms with van der Waals surface area (Å²) in [6.45, 7) is 0. The van der Waals surface area contributed by atoms with Crippen molar-refractivity contribution >= 4 is 37.9 Å². The maximum atomic E-state index is 5.27. The molecule has 0 amide bonds. The van der Waals surface area contributed by atoms with Gasteiger partial charge < -0.3 is 0 Å². The van der Waals surface area contributed by atoms with E-state index < -0.39 is 0 Å². The first-order valence-corrected chi connectivity index (χ1v) is 16.6. The second-order valence-corrected chi connectivity index (χ2v) is 12.5. The number of nitrogens with zero attached hydrogens (tertiary/aromatic N) is 2. The van der Waals surface area contributed by atoms with E-state index in [2.05, 4.69) is 170 Å². The van der Waals surface area contributed by atoms with Crippen LogP contribution >= 0.6 is 0 Å². The van der Waals surface area contributed by atoms with E-state index in [1.807, 2.05) is 0 Å². The molecule has 48 heavy (non-hydrogen) atoms. The van der Waals surface area contributed by atoms with E-state index in [0.717, 1.165) is 52.3 Å². The molecule has 0 unspecified atom stereocenters. The molecule has 1 aliphatic rings. The monoisotopic (exact) mass is 612 g/mol. The SMILES string of the molecule is C1=CCCC(c2cccc(-c3cc(-c4cccc(-c5ccccc5)c4)nc(-c4ccc5c6ccccc6c6ccccc6c5c4)n3)c2)=C1. The predicted octanol–water partition coefficient (Wildman–Crippen LogP) is 12.3. The van der Waals surface area contributed by atoms with Gasteiger partial charge in [0.25, 0.3) is 0 Å². The molecule has 7 aromatic carbocycles. The van der Waals surface area contributed by atoms with Crippen LogP contribution in [0.25, 0.3) is 82.9 Å². The number of allylic oxidation sites excluding steroid dienone is 4. The minimum absolute atomic E-state index is 0.719. The lowest BCUT2D eigenvalue weighted by molar-refractivity contribution is 1.05. The topological polar surface area (TPSA) is 25.8 Å². The molecule has 8 aromatic rings. The highest BCUT2D eigenvalue weighted by Crippen LogP contribution is 2.38. The second kappa shape index (κ2) is 11.9. The second-order valence-electron chi connectivity index (χ2n) is 12.5. The number of hydrogen-bond acceptors (Lipinski definition) is 2. The van der Waals surface area contributed by atoms with Gasteiger partial charge in [-0.05, 0) is 91.7 Å². The summed E-state index contributed by atoms with van der Waals surface area (Å²) in [7, 11) is 0. The van der Waals surface area contributed by atoms with Crippen molar-refractivity contribution in [3.05, 3.63) is 175 Å². The lowest BCUT2D eigenvalue weighted by Gasteiger charge is -2.14. The van der Waals surface area contributed by atoms with Crippen LogP contribution in [-0.4, -0.2) is 9.97 Å². The fourth-order valence-electron chi connectivity index (χ4n) is 7.13. The average Bonchev–Trinajstić information content (AvgIpc) is 3.18. The van der Waals surface area contributed by atoms with Crippen LogP contribution in [0.2, 0.25) is 0 Å². The lowest BCUT2D eigenvalue weighted by atomic mass is 9.93. The van der Waals surface area contributed by atoms with Crippen LogP contribution < -0.4 is 0 Å². The Balaban J connectivity index is 1.25. The maximum Gasteiger partial charge on any atom is 0.160 e. The molecule has 0 aliphatic heterocycles. The van der Waals surface area contributed by atoms with Crippen molar-refractivity contribution in [3.8, 4) is 45.0 Å². The van der Waals surface area contributed by atoms with Crippen LogP contribution in [-0.2, 0) is 0 Å². The minimum atomic E-state index is 0.719. The molecule has 0 radical (unpaired) electrons. The van der Waals surface area contributed by atoms with Crippen molar-refractivity contribution in [2.24, 2.45) is 0 Å². The standard InChI is InChI=1S/C46H32N2/c1-3-13-31(14-4-1)33-17-11-19-35(27-33)44-30-45(36-20-12-18-34(28-36)32-15-5-2-6-16-32)48-46(47-44)37-25-26-42-40-23-8-7-21-38(40)39-22-9-10-24-41(39)43(42)29-37/h1-5,7-15,17-30H,6,16H2. The smallest absolute Gasteiger partial charge is 0.160 e. The molecule has 2 nitrogen and oxygen atoms in total. The Kier molecular flexibility index (Phi) is 6.98. The molecule has 0 spiro atoms. The van der Waals surface area contributed by atoms with Crippen molar-refractivity contribution in [3.63, 3.8) is 0 Å². The molecule has 0 atom stereocenters. The third-order valence-electron chi connectivity index (χ3n) is 9.54. The molecular formula is C46H32N2. The van der Waals surface area contributed by atoms with Gasteiger partial charge in [0.05, 0.1) is 11.4 Å². The van der Waals surface area contributed by atoms with E-state index in [1.165, 1.54) is 49.0 Å². The van der Waals surface area contributed by atoms with Crippen molar-refractivity contribution in [1.29, 1.82) is 0 Å². The van der Waals surface area contributed by atoms with E-state index in [-0.39, 0.29) is 0 Å². The highest BCUT2D eigenvalue weighted by molar-refractivity contribution is 6.25. The third kappa shape index (κ3) is 5.09. The molecule has 0 saturated carbocycles. The molecule has 0 N–H and O–H groups in total.